The molecule has 0 unspecified atom stereocenters. The van der Waals surface area contributed by atoms with Crippen LogP contribution in [0.5, 0.6) is 5.75 Å². The van der Waals surface area contributed by atoms with Gasteiger partial charge in [0.15, 0.2) is 5.75 Å². The molecule has 1 N–H and O–H groups in total. The number of ether oxygens (including phenoxy) is 1. The van der Waals surface area contributed by atoms with Crippen LogP contribution in [0.25, 0.3) is 0 Å². The van der Waals surface area contributed by atoms with E-state index in [1.165, 1.54) is 0 Å². The van der Waals surface area contributed by atoms with Gasteiger partial charge >= 0.3 is 0 Å². The number of benzene rings is 1. The summed E-state index contributed by atoms with van der Waals surface area (Å²) in [5, 5.41) is 3.11. The molecule has 0 aliphatic carbocycles. The molecule has 114 valence electrons. The smallest absolute Gasteiger partial charge is 0.206 e. The molecule has 0 aliphatic heterocycles. The average molecular weight is 297 g/mol. The zero-order valence-electron chi connectivity index (χ0n) is 11.0. The average Bonchev–Trinajstić information content (AvgIpc) is 2.45. The number of halogens is 5. The molecule has 1 aromatic rings. The molecule has 0 saturated heterocycles. The molecule has 2 nitrogen and oxygen atoms in total. The maximum Gasteiger partial charge on any atom is 0.206 e. The molecular weight excluding hydrogens is 281 g/mol. The van der Waals surface area contributed by atoms with Gasteiger partial charge in [0.1, 0.15) is 0 Å². The second-order valence-corrected chi connectivity index (χ2v) is 4.20. The summed E-state index contributed by atoms with van der Waals surface area (Å²) in [4.78, 5) is 0. The Labute approximate surface area is 113 Å². The Bertz CT molecular complexity index is 424. The standard InChI is InChI=1S/C13H16F5NO/c1-2-5-19-6-3-4-7-20-13-11(17)9(15)8(14)10(16)12(13)18/h19H,2-7H2,1H3. The van der Waals surface area contributed by atoms with Crippen molar-refractivity contribution in [2.75, 3.05) is 19.7 Å². The van der Waals surface area contributed by atoms with Crippen molar-refractivity contribution in [2.45, 2.75) is 26.2 Å². The number of nitrogens with one attached hydrogen (secondary N) is 1. The molecule has 0 radical (unpaired) electrons. The first-order valence-electron chi connectivity index (χ1n) is 6.35. The molecule has 1 aromatic carbocycles. The van der Waals surface area contributed by atoms with Crippen LogP contribution in [-0.2, 0) is 0 Å². The molecule has 0 saturated carbocycles. The summed E-state index contributed by atoms with van der Waals surface area (Å²) in [6.45, 7) is 3.46. The third kappa shape index (κ3) is 4.06. The predicted octanol–water partition coefficient (Wildman–Crippen LogP) is 3.54. The molecule has 1 rings (SSSR count). The Kier molecular flexibility index (Phi) is 6.70. The van der Waals surface area contributed by atoms with Crippen molar-refractivity contribution in [3.63, 3.8) is 0 Å². The van der Waals surface area contributed by atoms with E-state index in [0.29, 0.717) is 19.4 Å². The van der Waals surface area contributed by atoms with E-state index in [2.05, 4.69) is 10.1 Å². The lowest BCUT2D eigenvalue weighted by Crippen LogP contribution is -2.16. The minimum Gasteiger partial charge on any atom is -0.487 e. The van der Waals surface area contributed by atoms with Gasteiger partial charge in [-0.1, -0.05) is 6.92 Å². The Morgan fingerprint density at radius 1 is 0.800 bits per heavy atom. The van der Waals surface area contributed by atoms with E-state index < -0.39 is 34.8 Å². The van der Waals surface area contributed by atoms with Gasteiger partial charge in [-0.15, -0.1) is 0 Å². The van der Waals surface area contributed by atoms with Crippen LogP contribution >= 0.6 is 0 Å². The molecule has 0 atom stereocenters. The van der Waals surface area contributed by atoms with Gasteiger partial charge in [0.05, 0.1) is 6.61 Å². The summed E-state index contributed by atoms with van der Waals surface area (Å²) in [6.07, 6.45) is 2.10. The highest BCUT2D eigenvalue weighted by molar-refractivity contribution is 5.29. The highest BCUT2D eigenvalue weighted by Crippen LogP contribution is 2.29. The monoisotopic (exact) mass is 297 g/mol. The Hall–Kier alpha value is -1.37. The third-order valence-electron chi connectivity index (χ3n) is 2.59. The van der Waals surface area contributed by atoms with Crippen molar-refractivity contribution in [3.8, 4) is 5.75 Å². The second-order valence-electron chi connectivity index (χ2n) is 4.20. The quantitative estimate of drug-likeness (QED) is 0.343. The molecule has 0 fully saturated rings. The Morgan fingerprint density at radius 2 is 1.35 bits per heavy atom. The number of rotatable bonds is 8. The molecule has 0 aromatic heterocycles. The van der Waals surface area contributed by atoms with Crippen molar-refractivity contribution >= 4 is 0 Å². The van der Waals surface area contributed by atoms with Gasteiger partial charge in [0.25, 0.3) is 0 Å². The van der Waals surface area contributed by atoms with Gasteiger partial charge in [0, 0.05) is 0 Å². The molecular formula is C13H16F5NO. The van der Waals surface area contributed by atoms with Crippen LogP contribution in [0.1, 0.15) is 26.2 Å². The molecule has 0 bridgehead atoms. The van der Waals surface area contributed by atoms with E-state index in [9.17, 15) is 22.0 Å². The van der Waals surface area contributed by atoms with E-state index in [4.69, 9.17) is 0 Å². The normalized spacial score (nSPS) is 10.9. The fourth-order valence-electron chi connectivity index (χ4n) is 1.54. The van der Waals surface area contributed by atoms with E-state index in [1.54, 1.807) is 0 Å². The van der Waals surface area contributed by atoms with Crippen molar-refractivity contribution in [2.24, 2.45) is 0 Å². The van der Waals surface area contributed by atoms with Gasteiger partial charge in [-0.3, -0.25) is 0 Å². The van der Waals surface area contributed by atoms with Gasteiger partial charge in [0.2, 0.25) is 29.1 Å². The van der Waals surface area contributed by atoms with Gasteiger partial charge in [-0.25, -0.2) is 13.2 Å². The van der Waals surface area contributed by atoms with Crippen LogP contribution in [0.15, 0.2) is 0 Å². The lowest BCUT2D eigenvalue weighted by atomic mass is 10.2. The zero-order chi connectivity index (χ0) is 15.1. The first-order chi connectivity index (χ1) is 9.50. The highest BCUT2D eigenvalue weighted by Gasteiger charge is 2.26. The van der Waals surface area contributed by atoms with Crippen LogP contribution in [0.3, 0.4) is 0 Å². The van der Waals surface area contributed by atoms with E-state index in [0.717, 1.165) is 13.0 Å². The molecule has 0 heterocycles. The first kappa shape index (κ1) is 16.7. The summed E-state index contributed by atoms with van der Waals surface area (Å²) in [6, 6.07) is 0. The predicted molar refractivity (Wildman–Crippen MR) is 64.1 cm³/mol. The molecule has 0 spiro atoms. The minimum absolute atomic E-state index is 0.119. The highest BCUT2D eigenvalue weighted by atomic mass is 19.2. The van der Waals surface area contributed by atoms with Crippen LogP contribution in [0, 0.1) is 29.1 Å². The van der Waals surface area contributed by atoms with E-state index >= 15 is 0 Å². The molecule has 0 amide bonds. The zero-order valence-corrected chi connectivity index (χ0v) is 11.0. The SMILES string of the molecule is CCCNCCCCOc1c(F)c(F)c(F)c(F)c1F. The van der Waals surface area contributed by atoms with Crippen LogP contribution in [0.2, 0.25) is 0 Å². The summed E-state index contributed by atoms with van der Waals surface area (Å²) in [5.74, 6) is -11.3. The van der Waals surface area contributed by atoms with Crippen molar-refractivity contribution in [1.29, 1.82) is 0 Å². The minimum atomic E-state index is -2.18. The maximum atomic E-state index is 13.2. The largest absolute Gasteiger partial charge is 0.487 e. The van der Waals surface area contributed by atoms with Gasteiger partial charge in [-0.2, -0.15) is 8.78 Å². The fraction of sp³-hybridized carbons (Fsp3) is 0.538. The topological polar surface area (TPSA) is 21.3 Å². The van der Waals surface area contributed by atoms with Crippen LogP contribution < -0.4 is 10.1 Å². The molecule has 0 aliphatic rings. The number of hydrogen-bond donors (Lipinski definition) is 1. The number of unbranched alkanes of at least 4 members (excludes halogenated alkanes) is 1. The van der Waals surface area contributed by atoms with Gasteiger partial charge in [-0.05, 0) is 32.4 Å². The maximum absolute atomic E-state index is 13.2. The Morgan fingerprint density at radius 3 is 1.90 bits per heavy atom. The fourth-order valence-corrected chi connectivity index (χ4v) is 1.54. The third-order valence-corrected chi connectivity index (χ3v) is 2.59. The van der Waals surface area contributed by atoms with Crippen LogP contribution in [0.4, 0.5) is 22.0 Å². The second kappa shape index (κ2) is 8.04. The van der Waals surface area contributed by atoms with Crippen LogP contribution in [-0.4, -0.2) is 19.7 Å². The number of hydrogen-bond acceptors (Lipinski definition) is 2. The lowest BCUT2D eigenvalue weighted by molar-refractivity contribution is 0.256. The summed E-state index contributed by atoms with van der Waals surface area (Å²) in [5.41, 5.74) is 0. The summed E-state index contributed by atoms with van der Waals surface area (Å²) in [7, 11) is 0. The Balaban J connectivity index is 2.52. The van der Waals surface area contributed by atoms with E-state index in [-0.39, 0.29) is 6.61 Å². The summed E-state index contributed by atoms with van der Waals surface area (Å²) >= 11 is 0. The van der Waals surface area contributed by atoms with Crippen molar-refractivity contribution in [3.05, 3.63) is 29.1 Å². The lowest BCUT2D eigenvalue weighted by Gasteiger charge is -2.10. The van der Waals surface area contributed by atoms with Crippen molar-refractivity contribution in [1.82, 2.24) is 5.32 Å². The van der Waals surface area contributed by atoms with Crippen molar-refractivity contribution < 1.29 is 26.7 Å². The van der Waals surface area contributed by atoms with E-state index in [1.807, 2.05) is 6.92 Å². The summed E-state index contributed by atoms with van der Waals surface area (Å²) < 4.78 is 69.6. The molecule has 20 heavy (non-hydrogen) atoms. The molecule has 7 heteroatoms. The first-order valence-corrected chi connectivity index (χ1v) is 6.35. The van der Waals surface area contributed by atoms with Gasteiger partial charge < -0.3 is 10.1 Å².